The maximum absolute atomic E-state index is 11.0. The summed E-state index contributed by atoms with van der Waals surface area (Å²) in [4.78, 5) is 15.1. The van der Waals surface area contributed by atoms with Crippen molar-refractivity contribution in [3.05, 3.63) is 29.6 Å². The summed E-state index contributed by atoms with van der Waals surface area (Å²) in [5.74, 6) is -0.397. The molecule has 0 saturated carbocycles. The fourth-order valence-electron chi connectivity index (χ4n) is 1.31. The molecule has 1 heterocycles. The number of benzene rings is 1. The molecule has 0 unspecified atom stereocenters. The van der Waals surface area contributed by atoms with Gasteiger partial charge in [-0.25, -0.2) is 9.78 Å². The number of rotatable bonds is 3. The molecule has 0 bridgehead atoms. The standard InChI is InChI=1S/C10H10N4O2S/c1-5-12-10(17-14-5)13-8-3-2-6(11)4-7(8)9(15)16/h2-4H,11H2,1H3,(H,15,16)(H,12,13,14). The fraction of sp³-hybridized carbons (Fsp3) is 0.100. The third-order valence-electron chi connectivity index (χ3n) is 2.04. The summed E-state index contributed by atoms with van der Waals surface area (Å²) in [7, 11) is 0. The minimum Gasteiger partial charge on any atom is -0.478 e. The average Bonchev–Trinajstić information content (AvgIpc) is 2.66. The molecule has 0 spiro atoms. The molecule has 6 nitrogen and oxygen atoms in total. The van der Waals surface area contributed by atoms with Crippen molar-refractivity contribution >= 4 is 34.0 Å². The smallest absolute Gasteiger partial charge is 0.337 e. The number of hydrogen-bond acceptors (Lipinski definition) is 6. The predicted molar refractivity (Wildman–Crippen MR) is 65.7 cm³/mol. The largest absolute Gasteiger partial charge is 0.478 e. The van der Waals surface area contributed by atoms with Crippen molar-refractivity contribution in [1.82, 2.24) is 9.36 Å². The van der Waals surface area contributed by atoms with E-state index >= 15 is 0 Å². The van der Waals surface area contributed by atoms with Crippen LogP contribution in [0.1, 0.15) is 16.2 Å². The number of carboxylic acid groups (broad SMARTS) is 1. The van der Waals surface area contributed by atoms with Crippen LogP contribution < -0.4 is 11.1 Å². The number of carbonyl (C=O) groups is 1. The van der Waals surface area contributed by atoms with Crippen LogP contribution in [0.4, 0.5) is 16.5 Å². The number of aromatic carboxylic acids is 1. The van der Waals surface area contributed by atoms with Gasteiger partial charge in [0.2, 0.25) is 5.13 Å². The van der Waals surface area contributed by atoms with Gasteiger partial charge in [-0.3, -0.25) is 0 Å². The van der Waals surface area contributed by atoms with E-state index in [0.29, 0.717) is 22.3 Å². The van der Waals surface area contributed by atoms with Crippen molar-refractivity contribution in [3.8, 4) is 0 Å². The van der Waals surface area contributed by atoms with Crippen LogP contribution in [0.3, 0.4) is 0 Å². The zero-order valence-electron chi connectivity index (χ0n) is 8.97. The first kappa shape index (κ1) is 11.3. The summed E-state index contributed by atoms with van der Waals surface area (Å²) >= 11 is 1.17. The van der Waals surface area contributed by atoms with Crippen LogP contribution in [0.2, 0.25) is 0 Å². The van der Waals surface area contributed by atoms with E-state index in [1.807, 2.05) is 0 Å². The molecule has 0 radical (unpaired) electrons. The van der Waals surface area contributed by atoms with Gasteiger partial charge in [0.15, 0.2) is 0 Å². The highest BCUT2D eigenvalue weighted by molar-refractivity contribution is 7.09. The lowest BCUT2D eigenvalue weighted by molar-refractivity contribution is 0.0698. The van der Waals surface area contributed by atoms with Crippen LogP contribution in [0.15, 0.2) is 18.2 Å². The molecular weight excluding hydrogens is 240 g/mol. The van der Waals surface area contributed by atoms with Crippen molar-refractivity contribution in [3.63, 3.8) is 0 Å². The molecule has 0 amide bonds. The molecule has 0 saturated heterocycles. The molecule has 2 rings (SSSR count). The van der Waals surface area contributed by atoms with E-state index in [9.17, 15) is 4.79 Å². The second kappa shape index (κ2) is 4.38. The van der Waals surface area contributed by atoms with E-state index in [0.717, 1.165) is 0 Å². The molecular formula is C10H10N4O2S. The quantitative estimate of drug-likeness (QED) is 0.719. The topological polar surface area (TPSA) is 101 Å². The maximum Gasteiger partial charge on any atom is 0.337 e. The highest BCUT2D eigenvalue weighted by atomic mass is 32.1. The van der Waals surface area contributed by atoms with Crippen LogP contribution in [-0.4, -0.2) is 20.4 Å². The van der Waals surface area contributed by atoms with Crippen molar-refractivity contribution in [2.45, 2.75) is 6.92 Å². The third-order valence-corrected chi connectivity index (χ3v) is 2.77. The van der Waals surface area contributed by atoms with Crippen LogP contribution in [0.25, 0.3) is 0 Å². The Bertz CT molecular complexity index is 567. The molecule has 4 N–H and O–H groups in total. The first-order chi connectivity index (χ1) is 8.06. The zero-order chi connectivity index (χ0) is 12.4. The van der Waals surface area contributed by atoms with Crippen molar-refractivity contribution in [2.24, 2.45) is 0 Å². The molecule has 0 aliphatic rings. The fourth-order valence-corrected chi connectivity index (χ4v) is 1.90. The zero-order valence-corrected chi connectivity index (χ0v) is 9.78. The lowest BCUT2D eigenvalue weighted by Crippen LogP contribution is -2.03. The monoisotopic (exact) mass is 250 g/mol. The number of aromatic nitrogens is 2. The number of nitrogens with two attached hydrogens (primary N) is 1. The molecule has 0 fully saturated rings. The molecule has 0 aliphatic heterocycles. The molecule has 2 aromatic rings. The number of carboxylic acids is 1. The van der Waals surface area contributed by atoms with Gasteiger partial charge in [0.25, 0.3) is 0 Å². The number of nitrogens with zero attached hydrogens (tertiary/aromatic N) is 2. The second-order valence-electron chi connectivity index (χ2n) is 3.38. The van der Waals surface area contributed by atoms with E-state index < -0.39 is 5.97 Å². The average molecular weight is 250 g/mol. The Kier molecular flexibility index (Phi) is 2.92. The molecule has 17 heavy (non-hydrogen) atoms. The lowest BCUT2D eigenvalue weighted by Gasteiger charge is -2.07. The Morgan fingerprint density at radius 1 is 1.53 bits per heavy atom. The highest BCUT2D eigenvalue weighted by Gasteiger charge is 2.11. The highest BCUT2D eigenvalue weighted by Crippen LogP contribution is 2.24. The SMILES string of the molecule is Cc1nsc(Nc2ccc(N)cc2C(=O)O)n1. The molecule has 0 atom stereocenters. The molecule has 7 heteroatoms. The van der Waals surface area contributed by atoms with Gasteiger partial charge in [-0.15, -0.1) is 0 Å². The van der Waals surface area contributed by atoms with Crippen LogP contribution >= 0.6 is 11.5 Å². The number of nitrogen functional groups attached to an aromatic ring is 1. The summed E-state index contributed by atoms with van der Waals surface area (Å²) in [6.45, 7) is 1.77. The van der Waals surface area contributed by atoms with Gasteiger partial charge in [0.1, 0.15) is 5.82 Å². The summed E-state index contributed by atoms with van der Waals surface area (Å²) < 4.78 is 4.00. The van der Waals surface area contributed by atoms with Crippen molar-refractivity contribution < 1.29 is 9.90 Å². The first-order valence-electron chi connectivity index (χ1n) is 4.76. The Balaban J connectivity index is 2.35. The van der Waals surface area contributed by atoms with Gasteiger partial charge in [-0.2, -0.15) is 4.37 Å². The molecule has 1 aromatic heterocycles. The van der Waals surface area contributed by atoms with Crippen molar-refractivity contribution in [2.75, 3.05) is 11.1 Å². The van der Waals surface area contributed by atoms with Crippen LogP contribution in [0.5, 0.6) is 0 Å². The van der Waals surface area contributed by atoms with Crippen LogP contribution in [0, 0.1) is 6.92 Å². The van der Waals surface area contributed by atoms with E-state index in [1.54, 1.807) is 19.1 Å². The lowest BCUT2D eigenvalue weighted by atomic mass is 10.1. The summed E-state index contributed by atoms with van der Waals surface area (Å²) in [6, 6.07) is 4.64. The van der Waals surface area contributed by atoms with Gasteiger partial charge in [0, 0.05) is 17.2 Å². The van der Waals surface area contributed by atoms with E-state index in [1.165, 1.54) is 17.6 Å². The second-order valence-corrected chi connectivity index (χ2v) is 4.13. The Labute approximate surface area is 101 Å². The minimum atomic E-state index is -1.04. The number of anilines is 3. The summed E-state index contributed by atoms with van der Waals surface area (Å²) in [6.07, 6.45) is 0. The number of nitrogens with one attached hydrogen (secondary N) is 1. The van der Waals surface area contributed by atoms with E-state index in [2.05, 4.69) is 14.7 Å². The van der Waals surface area contributed by atoms with Crippen molar-refractivity contribution in [1.29, 1.82) is 0 Å². The van der Waals surface area contributed by atoms with Gasteiger partial charge in [0.05, 0.1) is 11.3 Å². The summed E-state index contributed by atoms with van der Waals surface area (Å²) in [5, 5.41) is 12.5. The number of hydrogen-bond donors (Lipinski definition) is 3. The third kappa shape index (κ3) is 2.51. The Morgan fingerprint density at radius 3 is 2.88 bits per heavy atom. The molecule has 0 aliphatic carbocycles. The normalized spacial score (nSPS) is 10.2. The van der Waals surface area contributed by atoms with Crippen LogP contribution in [-0.2, 0) is 0 Å². The Hall–Kier alpha value is -2.15. The van der Waals surface area contributed by atoms with Gasteiger partial charge < -0.3 is 16.2 Å². The van der Waals surface area contributed by atoms with E-state index in [-0.39, 0.29) is 5.56 Å². The minimum absolute atomic E-state index is 0.109. The molecule has 88 valence electrons. The number of aryl methyl sites for hydroxylation is 1. The Morgan fingerprint density at radius 2 is 2.29 bits per heavy atom. The van der Waals surface area contributed by atoms with E-state index in [4.69, 9.17) is 10.8 Å². The molecule has 1 aromatic carbocycles. The van der Waals surface area contributed by atoms with Gasteiger partial charge in [-0.1, -0.05) is 0 Å². The van der Waals surface area contributed by atoms with Gasteiger partial charge >= 0.3 is 5.97 Å². The predicted octanol–water partition coefficient (Wildman–Crippen LogP) is 1.87. The first-order valence-corrected chi connectivity index (χ1v) is 5.54. The summed E-state index contributed by atoms with van der Waals surface area (Å²) in [5.41, 5.74) is 6.51. The van der Waals surface area contributed by atoms with Gasteiger partial charge in [-0.05, 0) is 25.1 Å². The maximum atomic E-state index is 11.0.